The molecule has 0 bridgehead atoms. The molecule has 130 valence electrons. The van der Waals surface area contributed by atoms with E-state index in [0.717, 1.165) is 25.9 Å². The Morgan fingerprint density at radius 3 is 2.88 bits per heavy atom. The Morgan fingerprint density at radius 1 is 1.28 bits per heavy atom. The molecule has 1 atom stereocenters. The van der Waals surface area contributed by atoms with Gasteiger partial charge in [0.05, 0.1) is 0 Å². The van der Waals surface area contributed by atoms with Gasteiger partial charge in [-0.2, -0.15) is 0 Å². The first-order valence-electron chi connectivity index (χ1n) is 8.35. The number of benzene rings is 1. The predicted molar refractivity (Wildman–Crippen MR) is 92.9 cm³/mol. The molecule has 1 aromatic carbocycles. The van der Waals surface area contributed by atoms with Crippen LogP contribution in [0.4, 0.5) is 10.1 Å². The number of hydrogen-bond donors (Lipinski definition) is 1. The molecule has 6 heteroatoms. The lowest BCUT2D eigenvalue weighted by Gasteiger charge is -2.31. The second-order valence-corrected chi connectivity index (χ2v) is 6.39. The number of carbonyl (C=O) groups excluding carboxylic acids is 2. The molecule has 1 N–H and O–H groups in total. The summed E-state index contributed by atoms with van der Waals surface area (Å²) in [5, 5.41) is 2.59. The molecule has 0 saturated carbocycles. The molecule has 0 spiro atoms. The third kappa shape index (κ3) is 4.21. The lowest BCUT2D eigenvalue weighted by molar-refractivity contribution is 0.0683. The van der Waals surface area contributed by atoms with E-state index in [1.165, 1.54) is 30.5 Å². The second kappa shape index (κ2) is 7.42. The van der Waals surface area contributed by atoms with Gasteiger partial charge in [0.1, 0.15) is 11.5 Å². The molecule has 1 aromatic heterocycles. The number of aromatic nitrogens is 1. The van der Waals surface area contributed by atoms with E-state index in [-0.39, 0.29) is 11.6 Å². The van der Waals surface area contributed by atoms with Crippen molar-refractivity contribution in [3.05, 3.63) is 59.7 Å². The Kier molecular flexibility index (Phi) is 5.07. The first-order valence-corrected chi connectivity index (χ1v) is 8.35. The number of pyridine rings is 1. The smallest absolute Gasteiger partial charge is 0.274 e. The minimum absolute atomic E-state index is 0.0891. The summed E-state index contributed by atoms with van der Waals surface area (Å²) < 4.78 is 13.2. The number of rotatable bonds is 3. The van der Waals surface area contributed by atoms with E-state index in [9.17, 15) is 14.0 Å². The van der Waals surface area contributed by atoms with Gasteiger partial charge in [-0.1, -0.05) is 13.0 Å². The van der Waals surface area contributed by atoms with E-state index in [1.807, 2.05) is 4.90 Å². The van der Waals surface area contributed by atoms with Crippen LogP contribution in [0.5, 0.6) is 0 Å². The number of amides is 2. The van der Waals surface area contributed by atoms with E-state index in [4.69, 9.17) is 0 Å². The Morgan fingerprint density at radius 2 is 2.12 bits per heavy atom. The van der Waals surface area contributed by atoms with Gasteiger partial charge in [-0.25, -0.2) is 4.39 Å². The standard InChI is InChI=1S/C19H20FN3O2/c1-13-4-3-9-23(12-13)19(25)14-7-8-21-17(10-14)18(24)22-16-6-2-5-15(20)11-16/h2,5-8,10-11,13H,3-4,9,12H2,1H3,(H,22,24). The minimum Gasteiger partial charge on any atom is -0.338 e. The van der Waals surface area contributed by atoms with E-state index in [1.54, 1.807) is 12.1 Å². The quantitative estimate of drug-likeness (QED) is 0.931. The first kappa shape index (κ1) is 17.1. The fourth-order valence-corrected chi connectivity index (χ4v) is 3.01. The van der Waals surface area contributed by atoms with E-state index in [0.29, 0.717) is 17.2 Å². The number of anilines is 1. The molecular weight excluding hydrogens is 321 g/mol. The average molecular weight is 341 g/mol. The van der Waals surface area contributed by atoms with Crippen LogP contribution in [0.1, 0.15) is 40.6 Å². The summed E-state index contributed by atoms with van der Waals surface area (Å²) in [6.07, 6.45) is 3.56. The van der Waals surface area contributed by atoms with E-state index in [2.05, 4.69) is 17.2 Å². The van der Waals surface area contributed by atoms with Gasteiger partial charge in [0.15, 0.2) is 0 Å². The van der Waals surface area contributed by atoms with Crippen LogP contribution in [0.15, 0.2) is 42.6 Å². The van der Waals surface area contributed by atoms with Crippen LogP contribution < -0.4 is 5.32 Å². The highest BCUT2D eigenvalue weighted by Crippen LogP contribution is 2.18. The zero-order chi connectivity index (χ0) is 17.8. The summed E-state index contributed by atoms with van der Waals surface area (Å²) >= 11 is 0. The minimum atomic E-state index is -0.479. The topological polar surface area (TPSA) is 62.3 Å². The third-order valence-corrected chi connectivity index (χ3v) is 4.27. The van der Waals surface area contributed by atoms with Gasteiger partial charge in [-0.05, 0) is 49.1 Å². The Bertz CT molecular complexity index is 794. The van der Waals surface area contributed by atoms with E-state index >= 15 is 0 Å². The fraction of sp³-hybridized carbons (Fsp3) is 0.316. The molecule has 0 radical (unpaired) electrons. The van der Waals surface area contributed by atoms with Gasteiger partial charge in [0.2, 0.25) is 0 Å². The predicted octanol–water partition coefficient (Wildman–Crippen LogP) is 3.35. The van der Waals surface area contributed by atoms with Crippen molar-refractivity contribution >= 4 is 17.5 Å². The van der Waals surface area contributed by atoms with Crippen molar-refractivity contribution in [2.75, 3.05) is 18.4 Å². The van der Waals surface area contributed by atoms with Gasteiger partial charge < -0.3 is 10.2 Å². The van der Waals surface area contributed by atoms with Crippen molar-refractivity contribution in [1.82, 2.24) is 9.88 Å². The third-order valence-electron chi connectivity index (χ3n) is 4.27. The molecule has 2 aromatic rings. The monoisotopic (exact) mass is 341 g/mol. The summed E-state index contributed by atoms with van der Waals surface area (Å²) in [7, 11) is 0. The van der Waals surface area contributed by atoms with Crippen molar-refractivity contribution in [2.24, 2.45) is 5.92 Å². The number of nitrogens with zero attached hydrogens (tertiary/aromatic N) is 2. The molecule has 1 unspecified atom stereocenters. The molecule has 2 amide bonds. The summed E-state index contributed by atoms with van der Waals surface area (Å²) in [4.78, 5) is 30.8. The summed E-state index contributed by atoms with van der Waals surface area (Å²) in [6.45, 7) is 3.59. The number of likely N-dealkylation sites (tertiary alicyclic amines) is 1. The van der Waals surface area contributed by atoms with Crippen molar-refractivity contribution in [3.8, 4) is 0 Å². The molecule has 0 aliphatic carbocycles. The van der Waals surface area contributed by atoms with Crippen LogP contribution in [0.3, 0.4) is 0 Å². The lowest BCUT2D eigenvalue weighted by Crippen LogP contribution is -2.39. The average Bonchev–Trinajstić information content (AvgIpc) is 2.61. The van der Waals surface area contributed by atoms with Crippen molar-refractivity contribution in [3.63, 3.8) is 0 Å². The SMILES string of the molecule is CC1CCCN(C(=O)c2ccnc(C(=O)Nc3cccc(F)c3)c2)C1. The molecule has 5 nitrogen and oxygen atoms in total. The summed E-state index contributed by atoms with van der Waals surface area (Å²) in [5.41, 5.74) is 0.905. The maximum Gasteiger partial charge on any atom is 0.274 e. The number of nitrogens with one attached hydrogen (secondary N) is 1. The van der Waals surface area contributed by atoms with Crippen molar-refractivity contribution in [1.29, 1.82) is 0 Å². The Hall–Kier alpha value is -2.76. The van der Waals surface area contributed by atoms with E-state index < -0.39 is 11.7 Å². The van der Waals surface area contributed by atoms with Crippen LogP contribution in [-0.2, 0) is 0 Å². The maximum atomic E-state index is 13.2. The van der Waals surface area contributed by atoms with Gasteiger partial charge in [0.25, 0.3) is 11.8 Å². The first-order chi connectivity index (χ1) is 12.0. The number of piperidine rings is 1. The van der Waals surface area contributed by atoms with Gasteiger partial charge in [0, 0.05) is 30.5 Å². The van der Waals surface area contributed by atoms with Crippen LogP contribution in [0, 0.1) is 11.7 Å². The van der Waals surface area contributed by atoms with Crippen molar-refractivity contribution < 1.29 is 14.0 Å². The Labute approximate surface area is 145 Å². The maximum absolute atomic E-state index is 13.2. The normalized spacial score (nSPS) is 17.2. The fourth-order valence-electron chi connectivity index (χ4n) is 3.01. The molecule has 1 aliphatic rings. The molecular formula is C19H20FN3O2. The molecule has 1 saturated heterocycles. The highest BCUT2D eigenvalue weighted by molar-refractivity contribution is 6.04. The highest BCUT2D eigenvalue weighted by Gasteiger charge is 2.23. The van der Waals surface area contributed by atoms with Crippen molar-refractivity contribution in [2.45, 2.75) is 19.8 Å². The molecule has 1 fully saturated rings. The number of carbonyl (C=O) groups is 2. The zero-order valence-electron chi connectivity index (χ0n) is 14.0. The van der Waals surface area contributed by atoms with Crippen LogP contribution >= 0.6 is 0 Å². The summed E-state index contributed by atoms with van der Waals surface area (Å²) in [6, 6.07) is 8.71. The highest BCUT2D eigenvalue weighted by atomic mass is 19.1. The molecule has 3 rings (SSSR count). The van der Waals surface area contributed by atoms with Gasteiger partial charge in [-0.15, -0.1) is 0 Å². The van der Waals surface area contributed by atoms with Crippen LogP contribution in [0.2, 0.25) is 0 Å². The molecule has 2 heterocycles. The van der Waals surface area contributed by atoms with Crippen LogP contribution in [-0.4, -0.2) is 34.8 Å². The largest absolute Gasteiger partial charge is 0.338 e. The number of halogens is 1. The van der Waals surface area contributed by atoms with Gasteiger partial charge >= 0.3 is 0 Å². The zero-order valence-corrected chi connectivity index (χ0v) is 14.0. The van der Waals surface area contributed by atoms with Gasteiger partial charge in [-0.3, -0.25) is 14.6 Å². The lowest BCUT2D eigenvalue weighted by atomic mass is 9.99. The molecule has 1 aliphatic heterocycles. The second-order valence-electron chi connectivity index (χ2n) is 6.39. The summed E-state index contributed by atoms with van der Waals surface area (Å²) in [5.74, 6) is -0.523. The molecule has 25 heavy (non-hydrogen) atoms. The number of hydrogen-bond acceptors (Lipinski definition) is 3. The van der Waals surface area contributed by atoms with Crippen LogP contribution in [0.25, 0.3) is 0 Å². The Balaban J connectivity index is 1.74.